The Bertz CT molecular complexity index is 1690. The second kappa shape index (κ2) is 15.4. The third-order valence-electron chi connectivity index (χ3n) is 7.55. The fourth-order valence-corrected chi connectivity index (χ4v) is 6.60. The predicted octanol–water partition coefficient (Wildman–Crippen LogP) is 5.67. The van der Waals surface area contributed by atoms with Gasteiger partial charge in [0.1, 0.15) is 18.3 Å². The number of nitrogens with one attached hydrogen (secondary N) is 1. The first-order chi connectivity index (χ1) is 21.6. The van der Waals surface area contributed by atoms with Crippen LogP contribution in [0.25, 0.3) is 0 Å². The van der Waals surface area contributed by atoms with E-state index in [-0.39, 0.29) is 23.8 Å². The Morgan fingerprint density at radius 3 is 2.18 bits per heavy atom. The summed E-state index contributed by atoms with van der Waals surface area (Å²) < 4.78 is 35.0. The SMILES string of the molecule is CCCNC(=O)C(Cc1ccccc1)N(Cc1cccc(OC)c1)C(=O)CN(c1cc(C)ccc1C)S(=O)(=O)c1ccccc1. The molecule has 0 saturated heterocycles. The molecule has 0 aliphatic carbocycles. The normalized spacial score (nSPS) is 11.8. The van der Waals surface area contributed by atoms with Crippen LogP contribution in [0.1, 0.15) is 35.6 Å². The van der Waals surface area contributed by atoms with Crippen LogP contribution in [0, 0.1) is 13.8 Å². The minimum Gasteiger partial charge on any atom is -0.497 e. The molecule has 1 unspecified atom stereocenters. The van der Waals surface area contributed by atoms with Gasteiger partial charge in [-0.15, -0.1) is 0 Å². The van der Waals surface area contributed by atoms with Gasteiger partial charge in [-0.1, -0.05) is 79.7 Å². The highest BCUT2D eigenvalue weighted by Gasteiger charge is 2.35. The monoisotopic (exact) mass is 627 g/mol. The van der Waals surface area contributed by atoms with Crippen molar-refractivity contribution in [3.05, 3.63) is 125 Å². The quantitative estimate of drug-likeness (QED) is 0.194. The fraction of sp³-hybridized carbons (Fsp3) is 0.278. The lowest BCUT2D eigenvalue weighted by Gasteiger charge is -2.34. The van der Waals surface area contributed by atoms with Crippen molar-refractivity contribution in [2.75, 3.05) is 24.5 Å². The second-order valence-electron chi connectivity index (χ2n) is 11.0. The molecule has 2 amide bonds. The summed E-state index contributed by atoms with van der Waals surface area (Å²) in [7, 11) is -2.59. The van der Waals surface area contributed by atoms with E-state index in [1.165, 1.54) is 17.0 Å². The zero-order chi connectivity index (χ0) is 32.4. The predicted molar refractivity (Wildman–Crippen MR) is 178 cm³/mol. The molecule has 45 heavy (non-hydrogen) atoms. The maximum atomic E-state index is 14.6. The number of hydrogen-bond donors (Lipinski definition) is 1. The molecule has 0 fully saturated rings. The number of anilines is 1. The molecule has 236 valence electrons. The van der Waals surface area contributed by atoms with Crippen molar-refractivity contribution in [2.24, 2.45) is 0 Å². The van der Waals surface area contributed by atoms with E-state index in [0.717, 1.165) is 27.4 Å². The highest BCUT2D eigenvalue weighted by Crippen LogP contribution is 2.29. The molecule has 0 radical (unpaired) electrons. The summed E-state index contributed by atoms with van der Waals surface area (Å²) in [6, 6.07) is 29.5. The summed E-state index contributed by atoms with van der Waals surface area (Å²) in [5.74, 6) is -0.203. The maximum absolute atomic E-state index is 14.6. The first-order valence-corrected chi connectivity index (χ1v) is 16.5. The van der Waals surface area contributed by atoms with E-state index < -0.39 is 28.5 Å². The Morgan fingerprint density at radius 2 is 1.51 bits per heavy atom. The van der Waals surface area contributed by atoms with Gasteiger partial charge in [0.2, 0.25) is 11.8 Å². The Balaban J connectivity index is 1.83. The van der Waals surface area contributed by atoms with Crippen LogP contribution in [-0.4, -0.2) is 51.4 Å². The number of benzene rings is 4. The minimum atomic E-state index is -4.16. The molecule has 4 rings (SSSR count). The minimum absolute atomic E-state index is 0.0686. The number of sulfonamides is 1. The number of ether oxygens (including phenoxy) is 1. The lowest BCUT2D eigenvalue weighted by Crippen LogP contribution is -2.53. The number of carbonyl (C=O) groups excluding carboxylic acids is 2. The Hall–Kier alpha value is -4.63. The molecule has 1 atom stereocenters. The van der Waals surface area contributed by atoms with Crippen LogP contribution in [0.3, 0.4) is 0 Å². The van der Waals surface area contributed by atoms with E-state index in [4.69, 9.17) is 4.74 Å². The van der Waals surface area contributed by atoms with E-state index in [2.05, 4.69) is 5.32 Å². The van der Waals surface area contributed by atoms with Gasteiger partial charge in [-0.25, -0.2) is 8.42 Å². The molecule has 0 heterocycles. The smallest absolute Gasteiger partial charge is 0.264 e. The number of carbonyl (C=O) groups is 2. The fourth-order valence-electron chi connectivity index (χ4n) is 5.11. The largest absolute Gasteiger partial charge is 0.497 e. The topological polar surface area (TPSA) is 96.0 Å². The molecule has 9 heteroatoms. The van der Waals surface area contributed by atoms with Crippen LogP contribution in [0.15, 0.2) is 108 Å². The first-order valence-electron chi connectivity index (χ1n) is 15.0. The van der Waals surface area contributed by atoms with Gasteiger partial charge in [0.25, 0.3) is 10.0 Å². The average molecular weight is 628 g/mol. The summed E-state index contributed by atoms with van der Waals surface area (Å²) in [4.78, 5) is 29.9. The lowest BCUT2D eigenvalue weighted by molar-refractivity contribution is -0.140. The van der Waals surface area contributed by atoms with E-state index in [1.807, 2.05) is 81.4 Å². The molecule has 0 spiro atoms. The van der Waals surface area contributed by atoms with Crippen LogP contribution < -0.4 is 14.4 Å². The van der Waals surface area contributed by atoms with Crippen molar-refractivity contribution in [1.82, 2.24) is 10.2 Å². The number of nitrogens with zero attached hydrogens (tertiary/aromatic N) is 2. The molecular formula is C36H41N3O5S. The molecule has 0 saturated carbocycles. The number of aryl methyl sites for hydroxylation is 2. The maximum Gasteiger partial charge on any atom is 0.264 e. The molecular weight excluding hydrogens is 586 g/mol. The summed E-state index contributed by atoms with van der Waals surface area (Å²) in [6.07, 6.45) is 0.977. The van der Waals surface area contributed by atoms with Crippen molar-refractivity contribution in [3.63, 3.8) is 0 Å². The van der Waals surface area contributed by atoms with Gasteiger partial charge >= 0.3 is 0 Å². The third-order valence-corrected chi connectivity index (χ3v) is 9.32. The zero-order valence-electron chi connectivity index (χ0n) is 26.3. The molecule has 4 aromatic rings. The molecule has 0 bridgehead atoms. The summed E-state index contributed by atoms with van der Waals surface area (Å²) in [5, 5.41) is 2.96. The standard InChI is InChI=1S/C36H41N3O5S/c1-5-21-37-36(41)34(24-29-13-8-6-9-14-29)38(25-30-15-12-16-31(23-30)44-4)35(40)26-39(33-22-27(2)19-20-28(33)3)45(42,43)32-17-10-7-11-18-32/h6-20,22-23,34H,5,21,24-26H2,1-4H3,(H,37,41). The van der Waals surface area contributed by atoms with Gasteiger partial charge < -0.3 is 15.0 Å². The van der Waals surface area contributed by atoms with Crippen LogP contribution in [0.5, 0.6) is 5.75 Å². The van der Waals surface area contributed by atoms with Crippen molar-refractivity contribution >= 4 is 27.5 Å². The van der Waals surface area contributed by atoms with Crippen LogP contribution in [-0.2, 0) is 32.6 Å². The Kier molecular flexibility index (Phi) is 11.4. The molecule has 1 N–H and O–H groups in total. The number of amides is 2. The van der Waals surface area contributed by atoms with Crippen molar-refractivity contribution < 1.29 is 22.7 Å². The number of methoxy groups -OCH3 is 1. The van der Waals surface area contributed by atoms with E-state index in [0.29, 0.717) is 23.5 Å². The highest BCUT2D eigenvalue weighted by molar-refractivity contribution is 7.92. The second-order valence-corrected chi connectivity index (χ2v) is 12.8. The molecule has 4 aromatic carbocycles. The average Bonchev–Trinajstić information content (AvgIpc) is 3.06. The summed E-state index contributed by atoms with van der Waals surface area (Å²) in [6.45, 7) is 5.67. The van der Waals surface area contributed by atoms with Crippen molar-refractivity contribution in [3.8, 4) is 5.75 Å². The van der Waals surface area contributed by atoms with Crippen LogP contribution >= 0.6 is 0 Å². The van der Waals surface area contributed by atoms with Crippen LogP contribution in [0.2, 0.25) is 0 Å². The molecule has 8 nitrogen and oxygen atoms in total. The zero-order valence-corrected chi connectivity index (χ0v) is 27.1. The van der Waals surface area contributed by atoms with Crippen molar-refractivity contribution in [2.45, 2.75) is 51.1 Å². The summed E-state index contributed by atoms with van der Waals surface area (Å²) >= 11 is 0. The van der Waals surface area contributed by atoms with E-state index in [1.54, 1.807) is 37.4 Å². The van der Waals surface area contributed by atoms with Gasteiger partial charge in [-0.2, -0.15) is 0 Å². The van der Waals surface area contributed by atoms with Gasteiger partial charge in [0, 0.05) is 19.5 Å². The molecule has 0 aromatic heterocycles. The van der Waals surface area contributed by atoms with Gasteiger partial charge in [-0.3, -0.25) is 13.9 Å². The highest BCUT2D eigenvalue weighted by atomic mass is 32.2. The van der Waals surface area contributed by atoms with Gasteiger partial charge in [-0.05, 0) is 72.9 Å². The number of rotatable bonds is 14. The van der Waals surface area contributed by atoms with Gasteiger partial charge in [0.15, 0.2) is 0 Å². The Morgan fingerprint density at radius 1 is 0.844 bits per heavy atom. The molecule has 0 aliphatic heterocycles. The van der Waals surface area contributed by atoms with Crippen molar-refractivity contribution in [1.29, 1.82) is 0 Å². The Labute approximate surface area is 266 Å². The van der Waals surface area contributed by atoms with E-state index >= 15 is 0 Å². The first kappa shape index (κ1) is 33.3. The summed E-state index contributed by atoms with van der Waals surface area (Å²) in [5.41, 5.74) is 3.58. The third kappa shape index (κ3) is 8.51. The van der Waals surface area contributed by atoms with Crippen LogP contribution in [0.4, 0.5) is 5.69 Å². The van der Waals surface area contributed by atoms with E-state index in [9.17, 15) is 18.0 Å². The lowest BCUT2D eigenvalue weighted by atomic mass is 10.0. The number of hydrogen-bond acceptors (Lipinski definition) is 5. The molecule has 0 aliphatic rings. The van der Waals surface area contributed by atoms with Gasteiger partial charge in [0.05, 0.1) is 17.7 Å².